The molecule has 7 nitrogen and oxygen atoms in total. The van der Waals surface area contributed by atoms with Gasteiger partial charge in [-0.25, -0.2) is 0 Å². The van der Waals surface area contributed by atoms with Crippen LogP contribution < -0.4 is 0 Å². The first-order chi connectivity index (χ1) is 9.08. The molecule has 19 heavy (non-hydrogen) atoms. The Kier molecular flexibility index (Phi) is 6.68. The number of nitrogens with zero attached hydrogens (tertiary/aromatic N) is 3. The van der Waals surface area contributed by atoms with Crippen molar-refractivity contribution >= 4 is 34.8 Å². The van der Waals surface area contributed by atoms with Crippen LogP contribution >= 0.6 is 22.9 Å². The van der Waals surface area contributed by atoms with Gasteiger partial charge in [0.15, 0.2) is 0 Å². The Morgan fingerprint density at radius 2 is 2.05 bits per heavy atom. The van der Waals surface area contributed by atoms with E-state index in [0.29, 0.717) is 13.2 Å². The van der Waals surface area contributed by atoms with Crippen LogP contribution in [0, 0.1) is 0 Å². The van der Waals surface area contributed by atoms with Crippen molar-refractivity contribution in [1.29, 1.82) is 0 Å². The number of carbonyl (C=O) groups excluding carboxylic acids is 2. The van der Waals surface area contributed by atoms with E-state index < -0.39 is 0 Å². The molecule has 0 saturated heterocycles. The molecule has 9 heteroatoms. The van der Waals surface area contributed by atoms with Crippen LogP contribution in [0.2, 0.25) is 4.47 Å². The summed E-state index contributed by atoms with van der Waals surface area (Å²) in [6.45, 7) is 0.940. The fourth-order valence-corrected chi connectivity index (χ4v) is 2.07. The maximum absolute atomic E-state index is 12.1. The van der Waals surface area contributed by atoms with Crippen molar-refractivity contribution in [2.75, 3.05) is 33.9 Å². The second kappa shape index (κ2) is 8.03. The van der Waals surface area contributed by atoms with Gasteiger partial charge < -0.3 is 14.4 Å². The highest BCUT2D eigenvalue weighted by Crippen LogP contribution is 2.16. The van der Waals surface area contributed by atoms with Crippen molar-refractivity contribution in [2.24, 2.45) is 0 Å². The number of rotatable bonds is 7. The van der Waals surface area contributed by atoms with E-state index in [1.165, 1.54) is 19.1 Å². The summed E-state index contributed by atoms with van der Waals surface area (Å²) >= 11 is 6.63. The van der Waals surface area contributed by atoms with Crippen LogP contribution in [0.25, 0.3) is 0 Å². The summed E-state index contributed by atoms with van der Waals surface area (Å²) in [5, 5.41) is 7.44. The highest BCUT2D eigenvalue weighted by atomic mass is 35.5. The molecular weight excluding hydrogens is 294 g/mol. The molecule has 0 aliphatic carbocycles. The molecule has 0 bridgehead atoms. The van der Waals surface area contributed by atoms with Crippen LogP contribution in [0.15, 0.2) is 0 Å². The summed E-state index contributed by atoms with van der Waals surface area (Å²) in [5.41, 5.74) is 0. The summed E-state index contributed by atoms with van der Waals surface area (Å²) < 4.78 is 9.67. The molecule has 0 saturated carbocycles. The lowest BCUT2D eigenvalue weighted by atomic mass is 10.3. The van der Waals surface area contributed by atoms with Gasteiger partial charge >= 0.3 is 5.97 Å². The second-order valence-electron chi connectivity index (χ2n) is 3.47. The highest BCUT2D eigenvalue weighted by molar-refractivity contribution is 7.17. The van der Waals surface area contributed by atoms with Crippen LogP contribution in [0.3, 0.4) is 0 Å². The minimum absolute atomic E-state index is 0.110. The van der Waals surface area contributed by atoms with E-state index in [-0.39, 0.29) is 34.3 Å². The molecule has 0 radical (unpaired) electrons. The highest BCUT2D eigenvalue weighted by Gasteiger charge is 2.20. The normalized spacial score (nSPS) is 10.3. The van der Waals surface area contributed by atoms with Gasteiger partial charge in [0, 0.05) is 20.2 Å². The lowest BCUT2D eigenvalue weighted by Crippen LogP contribution is -2.35. The van der Waals surface area contributed by atoms with Crippen molar-refractivity contribution in [1.82, 2.24) is 15.1 Å². The lowest BCUT2D eigenvalue weighted by molar-refractivity contribution is -0.140. The van der Waals surface area contributed by atoms with Crippen LogP contribution in [-0.2, 0) is 14.3 Å². The van der Waals surface area contributed by atoms with Gasteiger partial charge in [0.25, 0.3) is 5.91 Å². The molecule has 0 aliphatic rings. The van der Waals surface area contributed by atoms with Gasteiger partial charge in [-0.2, -0.15) is 0 Å². The summed E-state index contributed by atoms with van der Waals surface area (Å²) in [5.74, 6) is -0.712. The smallest absolute Gasteiger partial charge is 0.307 e. The van der Waals surface area contributed by atoms with E-state index in [2.05, 4.69) is 14.9 Å². The summed E-state index contributed by atoms with van der Waals surface area (Å²) in [6.07, 6.45) is 0.110. The van der Waals surface area contributed by atoms with Crippen LogP contribution in [0.1, 0.15) is 16.2 Å². The average Bonchev–Trinajstić information content (AvgIpc) is 2.84. The zero-order valence-corrected chi connectivity index (χ0v) is 12.2. The van der Waals surface area contributed by atoms with Gasteiger partial charge in [-0.3, -0.25) is 9.59 Å². The summed E-state index contributed by atoms with van der Waals surface area (Å²) in [6, 6.07) is 0. The zero-order valence-electron chi connectivity index (χ0n) is 10.6. The maximum atomic E-state index is 12.1. The minimum atomic E-state index is -0.384. The fraction of sp³-hybridized carbons (Fsp3) is 0.600. The molecule has 106 valence electrons. The third-order valence-corrected chi connectivity index (χ3v) is 3.26. The Morgan fingerprint density at radius 3 is 2.58 bits per heavy atom. The SMILES string of the molecule is COCCN(CCC(=O)OC)C(=O)c1nnc(Cl)s1. The van der Waals surface area contributed by atoms with E-state index in [1.54, 1.807) is 0 Å². The molecule has 0 atom stereocenters. The second-order valence-corrected chi connectivity index (χ2v) is 5.03. The molecule has 1 heterocycles. The first-order valence-electron chi connectivity index (χ1n) is 5.42. The third-order valence-electron chi connectivity index (χ3n) is 2.25. The molecule has 0 N–H and O–H groups in total. The van der Waals surface area contributed by atoms with E-state index in [0.717, 1.165) is 11.3 Å². The fourth-order valence-electron chi connectivity index (χ4n) is 1.27. The molecule has 0 unspecified atom stereocenters. The first-order valence-corrected chi connectivity index (χ1v) is 6.62. The predicted octanol–water partition coefficient (Wildman–Crippen LogP) is 0.843. The third kappa shape index (κ3) is 5.09. The van der Waals surface area contributed by atoms with Gasteiger partial charge in [-0.05, 0) is 11.6 Å². The number of esters is 1. The Hall–Kier alpha value is -1.25. The van der Waals surface area contributed by atoms with E-state index >= 15 is 0 Å². The maximum Gasteiger partial charge on any atom is 0.307 e. The van der Waals surface area contributed by atoms with Crippen molar-refractivity contribution in [3.05, 3.63) is 9.47 Å². The van der Waals surface area contributed by atoms with E-state index in [1.807, 2.05) is 0 Å². The van der Waals surface area contributed by atoms with Gasteiger partial charge in [0.05, 0.1) is 20.1 Å². The molecule has 1 aromatic heterocycles. The van der Waals surface area contributed by atoms with Crippen molar-refractivity contribution < 1.29 is 19.1 Å². The molecule has 1 aromatic rings. The number of hydrogen-bond donors (Lipinski definition) is 0. The number of amides is 1. The molecule has 0 spiro atoms. The Balaban J connectivity index is 2.66. The van der Waals surface area contributed by atoms with Crippen molar-refractivity contribution in [2.45, 2.75) is 6.42 Å². The van der Waals surface area contributed by atoms with Crippen LogP contribution in [-0.4, -0.2) is 60.9 Å². The standard InChI is InChI=1S/C10H14ClN3O4S/c1-17-6-5-14(4-3-7(15)18-2)9(16)8-12-13-10(11)19-8/h3-6H2,1-2H3. The number of carbonyl (C=O) groups is 2. The van der Waals surface area contributed by atoms with E-state index in [4.69, 9.17) is 16.3 Å². The molecule has 0 aromatic carbocycles. The Labute approximate surface area is 119 Å². The summed E-state index contributed by atoms with van der Waals surface area (Å²) in [4.78, 5) is 24.7. The quantitative estimate of drug-likeness (QED) is 0.694. The lowest BCUT2D eigenvalue weighted by Gasteiger charge is -2.20. The molecule has 1 amide bonds. The first kappa shape index (κ1) is 15.8. The van der Waals surface area contributed by atoms with Crippen LogP contribution in [0.4, 0.5) is 0 Å². The molecular formula is C10H14ClN3O4S. The van der Waals surface area contributed by atoms with Gasteiger partial charge in [0.1, 0.15) is 0 Å². The van der Waals surface area contributed by atoms with Gasteiger partial charge in [-0.15, -0.1) is 10.2 Å². The van der Waals surface area contributed by atoms with Crippen LogP contribution in [0.5, 0.6) is 0 Å². The zero-order chi connectivity index (χ0) is 14.3. The number of aromatic nitrogens is 2. The molecule has 1 rings (SSSR count). The number of methoxy groups -OCH3 is 2. The van der Waals surface area contributed by atoms with E-state index in [9.17, 15) is 9.59 Å². The number of halogens is 1. The van der Waals surface area contributed by atoms with Gasteiger partial charge in [0.2, 0.25) is 9.47 Å². The van der Waals surface area contributed by atoms with Gasteiger partial charge in [-0.1, -0.05) is 11.3 Å². The number of hydrogen-bond acceptors (Lipinski definition) is 7. The Morgan fingerprint density at radius 1 is 1.32 bits per heavy atom. The average molecular weight is 308 g/mol. The largest absolute Gasteiger partial charge is 0.469 e. The number of ether oxygens (including phenoxy) is 2. The predicted molar refractivity (Wildman–Crippen MR) is 69.3 cm³/mol. The minimum Gasteiger partial charge on any atom is -0.469 e. The molecule has 0 aliphatic heterocycles. The Bertz CT molecular complexity index is 440. The molecule has 0 fully saturated rings. The van der Waals surface area contributed by atoms with Crippen molar-refractivity contribution in [3.63, 3.8) is 0 Å². The topological polar surface area (TPSA) is 81.6 Å². The van der Waals surface area contributed by atoms with Crippen molar-refractivity contribution in [3.8, 4) is 0 Å². The summed E-state index contributed by atoms with van der Waals surface area (Å²) in [7, 11) is 2.83. The monoisotopic (exact) mass is 307 g/mol.